The summed E-state index contributed by atoms with van der Waals surface area (Å²) >= 11 is 0. The molecule has 3 N–H and O–H groups in total. The van der Waals surface area contributed by atoms with E-state index in [9.17, 15) is 18.3 Å². The number of nitrogens with zero attached hydrogens (tertiary/aromatic N) is 1. The molecule has 21 heavy (non-hydrogen) atoms. The Hall–Kier alpha value is -1.44. The molecular weight excluding hydrogens is 292 g/mol. The highest BCUT2D eigenvalue weighted by Crippen LogP contribution is 2.48. The first-order chi connectivity index (χ1) is 9.86. The van der Waals surface area contributed by atoms with Crippen molar-refractivity contribution in [1.82, 2.24) is 4.31 Å². The number of hydrogen-bond acceptors (Lipinski definition) is 4. The van der Waals surface area contributed by atoms with Gasteiger partial charge in [0.2, 0.25) is 10.0 Å². The van der Waals surface area contributed by atoms with Crippen LogP contribution in [0, 0.1) is 0 Å². The predicted octanol–water partition coefficient (Wildman–Crippen LogP) is 0.524. The summed E-state index contributed by atoms with van der Waals surface area (Å²) in [5, 5.41) is 9.25. The molecule has 0 amide bonds. The zero-order valence-electron chi connectivity index (χ0n) is 11.5. The van der Waals surface area contributed by atoms with Crippen molar-refractivity contribution in [2.24, 2.45) is 5.73 Å². The average Bonchev–Trinajstić information content (AvgIpc) is 3.15. The molecule has 0 aromatic heterocycles. The average molecular weight is 310 g/mol. The molecule has 1 unspecified atom stereocenters. The highest BCUT2D eigenvalue weighted by molar-refractivity contribution is 7.89. The third-order valence-electron chi connectivity index (χ3n) is 4.39. The van der Waals surface area contributed by atoms with Crippen molar-refractivity contribution in [3.63, 3.8) is 0 Å². The van der Waals surface area contributed by atoms with E-state index in [0.717, 1.165) is 0 Å². The van der Waals surface area contributed by atoms with Crippen LogP contribution in [0.4, 0.5) is 0 Å². The molecule has 0 spiro atoms. The number of carboxylic acids is 1. The van der Waals surface area contributed by atoms with Crippen molar-refractivity contribution in [1.29, 1.82) is 0 Å². The Bertz CT molecular complexity index is 665. The van der Waals surface area contributed by atoms with E-state index in [1.54, 1.807) is 12.1 Å². The van der Waals surface area contributed by atoms with E-state index in [2.05, 4.69) is 0 Å². The van der Waals surface area contributed by atoms with E-state index in [-0.39, 0.29) is 10.9 Å². The molecule has 2 aliphatic rings. The second kappa shape index (κ2) is 4.79. The summed E-state index contributed by atoms with van der Waals surface area (Å²) in [5.74, 6) is -0.844. The smallest absolute Gasteiger partial charge is 0.314 e. The Morgan fingerprint density at radius 3 is 2.33 bits per heavy atom. The van der Waals surface area contributed by atoms with Crippen molar-refractivity contribution in [2.45, 2.75) is 35.6 Å². The fourth-order valence-electron chi connectivity index (χ4n) is 2.82. The van der Waals surface area contributed by atoms with Gasteiger partial charge in [0.25, 0.3) is 0 Å². The van der Waals surface area contributed by atoms with Crippen LogP contribution in [0.15, 0.2) is 29.2 Å². The lowest BCUT2D eigenvalue weighted by Crippen LogP contribution is -2.32. The molecule has 7 heteroatoms. The maximum absolute atomic E-state index is 12.4. The van der Waals surface area contributed by atoms with Crippen molar-refractivity contribution in [3.8, 4) is 0 Å². The number of carboxylic acid groups (broad SMARTS) is 1. The van der Waals surface area contributed by atoms with Gasteiger partial charge >= 0.3 is 5.97 Å². The summed E-state index contributed by atoms with van der Waals surface area (Å²) in [6, 6.07) is 6.11. The van der Waals surface area contributed by atoms with Crippen LogP contribution in [-0.4, -0.2) is 42.9 Å². The highest BCUT2D eigenvalue weighted by Gasteiger charge is 2.51. The number of rotatable bonds is 4. The number of carbonyl (C=O) groups is 1. The minimum atomic E-state index is -3.53. The number of benzene rings is 1. The molecule has 1 saturated heterocycles. The normalized spacial score (nSPS) is 24.9. The van der Waals surface area contributed by atoms with Crippen LogP contribution in [-0.2, 0) is 20.2 Å². The molecule has 1 aliphatic carbocycles. The standard InChI is InChI=1S/C14H18N2O4S/c15-11-5-8-16(9-11)21(19,20)12-3-1-10(2-4-12)14(6-7-14)13(17)18/h1-4,11H,5-9,15H2,(H,17,18). The molecule has 1 aliphatic heterocycles. The van der Waals surface area contributed by atoms with Crippen LogP contribution in [0.3, 0.4) is 0 Å². The van der Waals surface area contributed by atoms with Gasteiger partial charge in [-0.1, -0.05) is 12.1 Å². The second-order valence-electron chi connectivity index (χ2n) is 5.82. The highest BCUT2D eigenvalue weighted by atomic mass is 32.2. The zero-order valence-corrected chi connectivity index (χ0v) is 12.3. The summed E-state index contributed by atoms with van der Waals surface area (Å²) in [5.41, 5.74) is 5.62. The van der Waals surface area contributed by atoms with Crippen LogP contribution in [0.1, 0.15) is 24.8 Å². The molecule has 2 fully saturated rings. The van der Waals surface area contributed by atoms with E-state index in [1.165, 1.54) is 16.4 Å². The topological polar surface area (TPSA) is 101 Å². The lowest BCUT2D eigenvalue weighted by atomic mass is 9.96. The van der Waals surface area contributed by atoms with Gasteiger partial charge in [-0.25, -0.2) is 8.42 Å². The Morgan fingerprint density at radius 2 is 1.90 bits per heavy atom. The van der Waals surface area contributed by atoms with E-state index in [4.69, 9.17) is 5.73 Å². The third kappa shape index (κ3) is 2.35. The lowest BCUT2D eigenvalue weighted by Gasteiger charge is -2.17. The van der Waals surface area contributed by atoms with Gasteiger partial charge in [-0.15, -0.1) is 0 Å². The summed E-state index contributed by atoms with van der Waals surface area (Å²) < 4.78 is 26.3. The van der Waals surface area contributed by atoms with E-state index in [0.29, 0.717) is 37.9 Å². The Labute approximate surface area is 123 Å². The van der Waals surface area contributed by atoms with E-state index < -0.39 is 21.4 Å². The summed E-state index contributed by atoms with van der Waals surface area (Å²) in [6.45, 7) is 0.771. The molecule has 1 atom stereocenters. The maximum atomic E-state index is 12.4. The zero-order chi connectivity index (χ0) is 15.3. The largest absolute Gasteiger partial charge is 0.481 e. The van der Waals surface area contributed by atoms with Crippen LogP contribution in [0.25, 0.3) is 0 Å². The molecule has 114 valence electrons. The SMILES string of the molecule is NC1CCN(S(=O)(=O)c2ccc(C3(C(=O)O)CC3)cc2)C1. The monoisotopic (exact) mass is 310 g/mol. The molecule has 3 rings (SSSR count). The van der Waals surface area contributed by atoms with Gasteiger partial charge in [0, 0.05) is 19.1 Å². The maximum Gasteiger partial charge on any atom is 0.314 e. The van der Waals surface area contributed by atoms with Gasteiger partial charge in [0.15, 0.2) is 0 Å². The van der Waals surface area contributed by atoms with Gasteiger partial charge in [-0.3, -0.25) is 4.79 Å². The molecule has 0 bridgehead atoms. The Kier molecular flexibility index (Phi) is 3.31. The Morgan fingerprint density at radius 1 is 1.29 bits per heavy atom. The predicted molar refractivity (Wildman–Crippen MR) is 76.3 cm³/mol. The van der Waals surface area contributed by atoms with Gasteiger partial charge in [-0.2, -0.15) is 4.31 Å². The van der Waals surface area contributed by atoms with Crippen LogP contribution < -0.4 is 5.73 Å². The quantitative estimate of drug-likeness (QED) is 0.844. The first kappa shape index (κ1) is 14.5. The lowest BCUT2D eigenvalue weighted by molar-refractivity contribution is -0.140. The molecule has 1 aromatic carbocycles. The van der Waals surface area contributed by atoms with Gasteiger partial charge in [0.1, 0.15) is 0 Å². The summed E-state index contributed by atoms with van der Waals surface area (Å²) in [6.07, 6.45) is 1.88. The molecule has 1 heterocycles. The van der Waals surface area contributed by atoms with Crippen molar-refractivity contribution >= 4 is 16.0 Å². The fourth-order valence-corrected chi connectivity index (χ4v) is 4.33. The van der Waals surface area contributed by atoms with Crippen LogP contribution in [0.5, 0.6) is 0 Å². The van der Waals surface area contributed by atoms with E-state index >= 15 is 0 Å². The van der Waals surface area contributed by atoms with E-state index in [1.807, 2.05) is 0 Å². The minimum absolute atomic E-state index is 0.110. The van der Waals surface area contributed by atoms with Crippen molar-refractivity contribution in [2.75, 3.05) is 13.1 Å². The number of sulfonamides is 1. The van der Waals surface area contributed by atoms with Gasteiger partial charge < -0.3 is 10.8 Å². The fraction of sp³-hybridized carbons (Fsp3) is 0.500. The molecular formula is C14H18N2O4S. The first-order valence-electron chi connectivity index (χ1n) is 6.96. The molecule has 1 aromatic rings. The molecule has 1 saturated carbocycles. The first-order valence-corrected chi connectivity index (χ1v) is 8.40. The van der Waals surface area contributed by atoms with Crippen molar-refractivity contribution < 1.29 is 18.3 Å². The molecule has 6 nitrogen and oxygen atoms in total. The van der Waals surface area contributed by atoms with Gasteiger partial charge in [-0.05, 0) is 37.0 Å². The number of hydrogen-bond donors (Lipinski definition) is 2. The van der Waals surface area contributed by atoms with Crippen molar-refractivity contribution in [3.05, 3.63) is 29.8 Å². The van der Waals surface area contributed by atoms with Crippen LogP contribution in [0.2, 0.25) is 0 Å². The Balaban J connectivity index is 1.86. The third-order valence-corrected chi connectivity index (χ3v) is 6.27. The molecule has 0 radical (unpaired) electrons. The van der Waals surface area contributed by atoms with Gasteiger partial charge in [0.05, 0.1) is 10.3 Å². The van der Waals surface area contributed by atoms with Crippen LogP contribution >= 0.6 is 0 Å². The second-order valence-corrected chi connectivity index (χ2v) is 7.76. The number of nitrogens with two attached hydrogens (primary N) is 1. The minimum Gasteiger partial charge on any atom is -0.481 e. The number of aliphatic carboxylic acids is 1. The summed E-state index contributed by atoms with van der Waals surface area (Å²) in [4.78, 5) is 11.5. The summed E-state index contributed by atoms with van der Waals surface area (Å²) in [7, 11) is -3.53.